The average Bonchev–Trinajstić information content (AvgIpc) is 2.80. The first-order chi connectivity index (χ1) is 8.78. The van der Waals surface area contributed by atoms with Gasteiger partial charge in [-0.1, -0.05) is 13.0 Å². The van der Waals surface area contributed by atoms with E-state index in [2.05, 4.69) is 22.2 Å². The van der Waals surface area contributed by atoms with Gasteiger partial charge in [0, 0.05) is 11.8 Å². The van der Waals surface area contributed by atoms with Gasteiger partial charge in [-0.3, -0.25) is 0 Å². The van der Waals surface area contributed by atoms with Crippen molar-refractivity contribution in [1.29, 1.82) is 0 Å². The van der Waals surface area contributed by atoms with E-state index in [1.54, 1.807) is 0 Å². The van der Waals surface area contributed by atoms with Gasteiger partial charge in [-0.15, -0.1) is 0 Å². The highest BCUT2D eigenvalue weighted by atomic mass is 16.5. The molecule has 0 aliphatic rings. The Kier molecular flexibility index (Phi) is 4.23. The van der Waals surface area contributed by atoms with Gasteiger partial charge in [0.25, 0.3) is 0 Å². The summed E-state index contributed by atoms with van der Waals surface area (Å²) in [4.78, 5) is 7.36. The lowest BCUT2D eigenvalue weighted by atomic mass is 10.3. The lowest BCUT2D eigenvalue weighted by molar-refractivity contribution is 0.317. The number of benzene rings is 1. The number of aromatic amines is 1. The molecular weight excluding hydrogens is 226 g/mol. The quantitative estimate of drug-likeness (QED) is 0.822. The molecule has 4 nitrogen and oxygen atoms in total. The molecule has 0 amide bonds. The van der Waals surface area contributed by atoms with Crippen LogP contribution in [0, 0.1) is 6.92 Å². The Morgan fingerprint density at radius 1 is 1.39 bits per heavy atom. The molecule has 2 aromatic rings. The van der Waals surface area contributed by atoms with Crippen LogP contribution in [0.3, 0.4) is 0 Å². The van der Waals surface area contributed by atoms with Crippen LogP contribution in [0.4, 0.5) is 5.69 Å². The van der Waals surface area contributed by atoms with Crippen LogP contribution in [0.25, 0.3) is 0 Å². The third-order valence-corrected chi connectivity index (χ3v) is 2.55. The second-order valence-electron chi connectivity index (χ2n) is 4.22. The van der Waals surface area contributed by atoms with Crippen LogP contribution in [-0.2, 0) is 6.54 Å². The molecule has 4 heteroatoms. The van der Waals surface area contributed by atoms with Gasteiger partial charge in [-0.05, 0) is 25.5 Å². The predicted molar refractivity (Wildman–Crippen MR) is 72.9 cm³/mol. The lowest BCUT2D eigenvalue weighted by Gasteiger charge is -2.08. The van der Waals surface area contributed by atoms with Crippen molar-refractivity contribution in [3.05, 3.63) is 42.0 Å². The van der Waals surface area contributed by atoms with E-state index in [4.69, 9.17) is 4.74 Å². The van der Waals surface area contributed by atoms with Crippen molar-refractivity contribution < 1.29 is 4.74 Å². The van der Waals surface area contributed by atoms with E-state index in [-0.39, 0.29) is 0 Å². The summed E-state index contributed by atoms with van der Waals surface area (Å²) in [6.45, 7) is 5.53. The van der Waals surface area contributed by atoms with Crippen molar-refractivity contribution >= 4 is 5.69 Å². The Bertz CT molecular complexity index is 493. The summed E-state index contributed by atoms with van der Waals surface area (Å²) < 4.78 is 5.59. The summed E-state index contributed by atoms with van der Waals surface area (Å²) in [7, 11) is 0. The van der Waals surface area contributed by atoms with Crippen molar-refractivity contribution in [2.75, 3.05) is 11.9 Å². The minimum atomic E-state index is 0.734. The number of nitrogens with one attached hydrogen (secondary N) is 2. The summed E-state index contributed by atoms with van der Waals surface area (Å²) in [6.07, 6.45) is 2.87. The summed E-state index contributed by atoms with van der Waals surface area (Å²) >= 11 is 0. The van der Waals surface area contributed by atoms with Crippen LogP contribution < -0.4 is 10.1 Å². The molecule has 0 spiro atoms. The van der Waals surface area contributed by atoms with Crippen molar-refractivity contribution in [3.8, 4) is 5.75 Å². The predicted octanol–water partition coefficient (Wildman–Crippen LogP) is 3.12. The molecule has 1 aromatic heterocycles. The van der Waals surface area contributed by atoms with Crippen LogP contribution in [0.15, 0.2) is 30.5 Å². The monoisotopic (exact) mass is 245 g/mol. The van der Waals surface area contributed by atoms with E-state index in [9.17, 15) is 0 Å². The minimum absolute atomic E-state index is 0.734. The maximum Gasteiger partial charge on any atom is 0.121 e. The zero-order chi connectivity index (χ0) is 12.8. The highest BCUT2D eigenvalue weighted by Crippen LogP contribution is 2.18. The fourth-order valence-corrected chi connectivity index (χ4v) is 1.67. The van der Waals surface area contributed by atoms with Gasteiger partial charge >= 0.3 is 0 Å². The van der Waals surface area contributed by atoms with Gasteiger partial charge < -0.3 is 15.0 Å². The maximum atomic E-state index is 5.59. The third-order valence-electron chi connectivity index (χ3n) is 2.55. The lowest BCUT2D eigenvalue weighted by Crippen LogP contribution is -2.00. The molecule has 0 atom stereocenters. The Balaban J connectivity index is 1.92. The Morgan fingerprint density at radius 2 is 2.28 bits per heavy atom. The zero-order valence-corrected chi connectivity index (χ0v) is 10.9. The number of ether oxygens (including phenoxy) is 1. The third kappa shape index (κ3) is 3.52. The van der Waals surface area contributed by atoms with Crippen molar-refractivity contribution in [3.63, 3.8) is 0 Å². The molecule has 2 N–H and O–H groups in total. The molecule has 18 heavy (non-hydrogen) atoms. The van der Waals surface area contributed by atoms with Crippen LogP contribution >= 0.6 is 0 Å². The normalized spacial score (nSPS) is 10.3. The molecule has 0 aliphatic heterocycles. The fraction of sp³-hybridized carbons (Fsp3) is 0.357. The molecule has 0 unspecified atom stereocenters. The highest BCUT2D eigenvalue weighted by Gasteiger charge is 1.99. The number of aromatic nitrogens is 2. The van der Waals surface area contributed by atoms with Gasteiger partial charge in [0.15, 0.2) is 0 Å². The molecule has 0 bridgehead atoms. The van der Waals surface area contributed by atoms with Crippen molar-refractivity contribution in [1.82, 2.24) is 9.97 Å². The topological polar surface area (TPSA) is 49.9 Å². The number of anilines is 1. The highest BCUT2D eigenvalue weighted by molar-refractivity contribution is 5.48. The number of hydrogen-bond donors (Lipinski definition) is 2. The van der Waals surface area contributed by atoms with E-state index in [1.165, 1.54) is 0 Å². The van der Waals surface area contributed by atoms with Crippen LogP contribution in [0.2, 0.25) is 0 Å². The summed E-state index contributed by atoms with van der Waals surface area (Å²) in [6, 6.07) is 8.01. The summed E-state index contributed by atoms with van der Waals surface area (Å²) in [5.41, 5.74) is 2.13. The van der Waals surface area contributed by atoms with Crippen molar-refractivity contribution in [2.24, 2.45) is 0 Å². The number of imidazole rings is 1. The first-order valence-corrected chi connectivity index (χ1v) is 6.25. The minimum Gasteiger partial charge on any atom is -0.494 e. The Morgan fingerprint density at radius 3 is 3.00 bits per heavy atom. The SMILES string of the molecule is CCCOc1cccc(NCc2cnc(C)[nH]2)c1. The van der Waals surface area contributed by atoms with Gasteiger partial charge in [-0.2, -0.15) is 0 Å². The van der Waals surface area contributed by atoms with Gasteiger partial charge in [0.2, 0.25) is 0 Å². The molecule has 0 saturated carbocycles. The largest absolute Gasteiger partial charge is 0.494 e. The van der Waals surface area contributed by atoms with Crippen LogP contribution in [0.1, 0.15) is 24.9 Å². The van der Waals surface area contributed by atoms with E-state index in [1.807, 2.05) is 37.4 Å². The van der Waals surface area contributed by atoms with Crippen LogP contribution in [0.5, 0.6) is 5.75 Å². The number of nitrogens with zero attached hydrogens (tertiary/aromatic N) is 1. The first-order valence-electron chi connectivity index (χ1n) is 6.25. The molecule has 1 heterocycles. The van der Waals surface area contributed by atoms with E-state index >= 15 is 0 Å². The second-order valence-corrected chi connectivity index (χ2v) is 4.22. The number of aryl methyl sites for hydroxylation is 1. The zero-order valence-electron chi connectivity index (χ0n) is 10.9. The van der Waals surface area contributed by atoms with E-state index in [0.717, 1.165) is 42.5 Å². The molecule has 2 rings (SSSR count). The molecule has 96 valence electrons. The second kappa shape index (κ2) is 6.10. The van der Waals surface area contributed by atoms with Crippen LogP contribution in [-0.4, -0.2) is 16.6 Å². The van der Waals surface area contributed by atoms with Gasteiger partial charge in [-0.25, -0.2) is 4.98 Å². The van der Waals surface area contributed by atoms with Crippen molar-refractivity contribution in [2.45, 2.75) is 26.8 Å². The maximum absolute atomic E-state index is 5.59. The Labute approximate surface area is 107 Å². The molecule has 0 saturated heterocycles. The summed E-state index contributed by atoms with van der Waals surface area (Å²) in [5.74, 6) is 1.84. The molecule has 0 radical (unpaired) electrons. The summed E-state index contributed by atoms with van der Waals surface area (Å²) in [5, 5.41) is 3.34. The van der Waals surface area contributed by atoms with Gasteiger partial charge in [0.1, 0.15) is 11.6 Å². The standard InChI is InChI=1S/C14H19N3O/c1-3-7-18-14-6-4-5-12(8-14)16-10-13-9-15-11(2)17-13/h4-6,8-9,16H,3,7,10H2,1-2H3,(H,15,17). The molecule has 0 fully saturated rings. The molecule has 0 aliphatic carbocycles. The smallest absolute Gasteiger partial charge is 0.121 e. The number of H-pyrrole nitrogens is 1. The fourth-order valence-electron chi connectivity index (χ4n) is 1.67. The van der Waals surface area contributed by atoms with E-state index in [0.29, 0.717) is 0 Å². The number of rotatable bonds is 6. The van der Waals surface area contributed by atoms with Gasteiger partial charge in [0.05, 0.1) is 25.0 Å². The first kappa shape index (κ1) is 12.5. The Hall–Kier alpha value is -1.97. The average molecular weight is 245 g/mol. The molecular formula is C14H19N3O. The van der Waals surface area contributed by atoms with E-state index < -0.39 is 0 Å². The number of hydrogen-bond acceptors (Lipinski definition) is 3. The molecule has 1 aromatic carbocycles.